The number of carbonyl (C=O) groups is 1. The van der Waals surface area contributed by atoms with E-state index in [1.165, 1.54) is 51.7 Å². The molecule has 4 bridgehead atoms. The molecular weight excluding hydrogens is 396 g/mol. The maximum atomic E-state index is 11.3. The van der Waals surface area contributed by atoms with Crippen LogP contribution < -0.4 is 0 Å². The molecule has 4 rings (SSSR count). The normalized spacial score (nSPS) is 36.3. The van der Waals surface area contributed by atoms with Crippen LogP contribution in [-0.2, 0) is 30.7 Å². The minimum Gasteiger partial charge on any atom is -0.542 e. The molecule has 4 aliphatic rings. The number of rotatable bonds is 2. The van der Waals surface area contributed by atoms with Crippen molar-refractivity contribution < 1.29 is 30.7 Å². The van der Waals surface area contributed by atoms with E-state index in [0.29, 0.717) is 11.2 Å². The van der Waals surface area contributed by atoms with Gasteiger partial charge in [-0.3, -0.25) is 6.29 Å². The maximum Gasteiger partial charge on any atom is 2.00 e. The molecule has 18 heavy (non-hydrogen) atoms. The molecule has 4 aliphatic carbocycles. The Morgan fingerprint density at radius 2 is 1.83 bits per heavy atom. The third-order valence-electron chi connectivity index (χ3n) is 4.51. The van der Waals surface area contributed by atoms with Gasteiger partial charge in [-0.05, 0) is 25.2 Å². The van der Waals surface area contributed by atoms with E-state index < -0.39 is 0 Å². The van der Waals surface area contributed by atoms with Crippen molar-refractivity contribution in [3.8, 4) is 0 Å². The smallest absolute Gasteiger partial charge is 0.542 e. The molecule has 0 N–H and O–H groups in total. The summed E-state index contributed by atoms with van der Waals surface area (Å²) in [6, 6.07) is 0. The second kappa shape index (κ2) is 6.46. The summed E-state index contributed by atoms with van der Waals surface area (Å²) >= 11 is 0. The van der Waals surface area contributed by atoms with E-state index in [1.807, 2.05) is 0 Å². The summed E-state index contributed by atoms with van der Waals surface area (Å²) in [4.78, 5) is 20.0. The molecule has 0 aromatic rings. The zero-order valence-electron chi connectivity index (χ0n) is 11.3. The molecule has 0 aromatic heterocycles. The molecule has 4 saturated carbocycles. The summed E-state index contributed by atoms with van der Waals surface area (Å²) < 4.78 is 0. The molecule has 2 atom stereocenters. The number of Topliss-reactive ketones (excluding diaryl/α,β-unsaturated/α-hetero) is 1. The summed E-state index contributed by atoms with van der Waals surface area (Å²) in [5.41, 5.74) is 0.436. The first kappa shape index (κ1) is 16.1. The topological polar surface area (TPSA) is 34.1 Å². The molecule has 2 unspecified atom stereocenters. The molecule has 0 aliphatic heterocycles. The Morgan fingerprint density at radius 1 is 1.33 bits per heavy atom. The van der Waals surface area contributed by atoms with E-state index in [1.54, 1.807) is 12.8 Å². The van der Waals surface area contributed by atoms with Gasteiger partial charge < -0.3 is 15.5 Å². The largest absolute Gasteiger partial charge is 2.00 e. The van der Waals surface area contributed by atoms with Crippen molar-refractivity contribution in [2.24, 2.45) is 17.3 Å². The number of hydrogen-bond donors (Lipinski definition) is 0. The maximum absolute atomic E-state index is 11.3. The molecule has 0 heterocycles. The zero-order chi connectivity index (χ0) is 12.5. The molecule has 4 fully saturated rings. The van der Waals surface area contributed by atoms with Crippen LogP contribution in [-0.4, -0.2) is 12.1 Å². The van der Waals surface area contributed by atoms with Gasteiger partial charge >= 0.3 is 21.1 Å². The third kappa shape index (κ3) is 3.53. The monoisotopic (exact) mass is 418 g/mol. The van der Waals surface area contributed by atoms with Crippen LogP contribution in [0.1, 0.15) is 58.8 Å². The number of carbonyl (C=O) groups excluding carboxylic acids is 2. The van der Waals surface area contributed by atoms with Crippen LogP contribution >= 0.6 is 0 Å². The van der Waals surface area contributed by atoms with Gasteiger partial charge in [-0.1, -0.05) is 18.3 Å². The quantitative estimate of drug-likeness (QED) is 0.646. The number of hydrogen-bond acceptors (Lipinski definition) is 2. The molecule has 0 aromatic carbocycles. The third-order valence-corrected chi connectivity index (χ3v) is 4.51. The Hall–Kier alpha value is 0.0283. The van der Waals surface area contributed by atoms with Gasteiger partial charge in [0.1, 0.15) is 5.78 Å². The Balaban J connectivity index is 0.000000372. The summed E-state index contributed by atoms with van der Waals surface area (Å²) in [5, 5.41) is 0. The van der Waals surface area contributed by atoms with Crippen molar-refractivity contribution >= 4 is 12.1 Å². The van der Waals surface area contributed by atoms with Crippen molar-refractivity contribution in [1.82, 2.24) is 0 Å². The van der Waals surface area contributed by atoms with Crippen LogP contribution in [0, 0.1) is 23.2 Å². The molecule has 2 nitrogen and oxygen atoms in total. The Bertz CT molecular complexity index is 276. The summed E-state index contributed by atoms with van der Waals surface area (Å²) in [6.45, 7) is 3.09. The second-order valence-corrected chi connectivity index (χ2v) is 6.29. The minimum absolute atomic E-state index is 0. The second-order valence-electron chi connectivity index (χ2n) is 6.29. The van der Waals surface area contributed by atoms with Gasteiger partial charge in [-0.15, -0.1) is 0 Å². The first-order valence-corrected chi connectivity index (χ1v) is 6.69. The van der Waals surface area contributed by atoms with Crippen LogP contribution in [0.4, 0.5) is 0 Å². The SMILES string of the molecule is CC(=O)CC12C[C-]3CC(CC(C3)C1)C2.C[C-]=O.[W+2]. The fourth-order valence-corrected chi connectivity index (χ4v) is 4.71. The zero-order valence-corrected chi connectivity index (χ0v) is 14.3. The van der Waals surface area contributed by atoms with E-state index >= 15 is 0 Å². The first-order valence-electron chi connectivity index (χ1n) is 6.69. The van der Waals surface area contributed by atoms with Crippen LogP contribution in [0.15, 0.2) is 0 Å². The average molecular weight is 418 g/mol. The van der Waals surface area contributed by atoms with E-state index in [-0.39, 0.29) is 21.1 Å². The van der Waals surface area contributed by atoms with Crippen LogP contribution in [0.3, 0.4) is 0 Å². The van der Waals surface area contributed by atoms with E-state index in [2.05, 4.69) is 0 Å². The predicted octanol–water partition coefficient (Wildman–Crippen LogP) is 3.25. The molecule has 0 spiro atoms. The molecule has 0 saturated heterocycles. The fraction of sp³-hybridized carbons (Fsp3) is 0.800. The standard InChI is InChI=1S/C13H19O.C2H3O.W/c1-9(14)5-13-6-10-2-11(7-13)4-12(3-10)8-13;1-2-3;/h10-11H,2-8H2,1H3;1H3;/q2*-1;+2. The van der Waals surface area contributed by atoms with Crippen LogP contribution in [0.5, 0.6) is 0 Å². The van der Waals surface area contributed by atoms with Gasteiger partial charge in [0.15, 0.2) is 0 Å². The summed E-state index contributed by atoms with van der Waals surface area (Å²) in [6.07, 6.45) is 10.6. The van der Waals surface area contributed by atoms with E-state index in [9.17, 15) is 4.79 Å². The van der Waals surface area contributed by atoms with Gasteiger partial charge in [0.25, 0.3) is 0 Å². The first-order chi connectivity index (χ1) is 8.07. The van der Waals surface area contributed by atoms with Crippen molar-refractivity contribution in [2.45, 2.75) is 58.8 Å². The Labute approximate surface area is 125 Å². The van der Waals surface area contributed by atoms with Gasteiger partial charge in [0, 0.05) is 6.42 Å². The van der Waals surface area contributed by atoms with Crippen molar-refractivity contribution in [3.05, 3.63) is 5.92 Å². The molecule has 100 valence electrons. The van der Waals surface area contributed by atoms with Gasteiger partial charge in [-0.25, -0.2) is 0 Å². The molecule has 0 radical (unpaired) electrons. The Morgan fingerprint density at radius 3 is 2.22 bits per heavy atom. The molecular formula is C15H22O2W. The van der Waals surface area contributed by atoms with Gasteiger partial charge in [0.05, 0.1) is 0 Å². The van der Waals surface area contributed by atoms with Crippen LogP contribution in [0.25, 0.3) is 0 Å². The van der Waals surface area contributed by atoms with Crippen molar-refractivity contribution in [3.63, 3.8) is 0 Å². The average Bonchev–Trinajstić information content (AvgIpc) is 2.13. The van der Waals surface area contributed by atoms with Gasteiger partial charge in [-0.2, -0.15) is 26.2 Å². The number of ketones is 1. The molecule has 0 amide bonds. The van der Waals surface area contributed by atoms with E-state index in [4.69, 9.17) is 4.79 Å². The minimum atomic E-state index is 0. The van der Waals surface area contributed by atoms with Crippen molar-refractivity contribution in [1.29, 1.82) is 0 Å². The van der Waals surface area contributed by atoms with Crippen molar-refractivity contribution in [2.75, 3.05) is 0 Å². The van der Waals surface area contributed by atoms with Gasteiger partial charge in [0.2, 0.25) is 0 Å². The summed E-state index contributed by atoms with van der Waals surface area (Å²) in [7, 11) is 0. The van der Waals surface area contributed by atoms with E-state index in [0.717, 1.165) is 18.3 Å². The van der Waals surface area contributed by atoms with Crippen LogP contribution in [0.2, 0.25) is 0 Å². The predicted molar refractivity (Wildman–Crippen MR) is 67.0 cm³/mol. The summed E-state index contributed by atoms with van der Waals surface area (Å²) in [5.74, 6) is 4.11. The molecule has 3 heteroatoms. The fourth-order valence-electron chi connectivity index (χ4n) is 4.71. The Kier molecular flexibility index (Phi) is 5.77.